The van der Waals surface area contributed by atoms with Gasteiger partial charge in [0.15, 0.2) is 5.82 Å². The smallest absolute Gasteiger partial charge is 0.241 e. The molecule has 0 aliphatic carbocycles. The molecule has 2 heterocycles. The van der Waals surface area contributed by atoms with Crippen molar-refractivity contribution in [2.75, 3.05) is 18.4 Å². The van der Waals surface area contributed by atoms with Crippen LogP contribution in [0.1, 0.15) is 26.6 Å². The van der Waals surface area contributed by atoms with Crippen molar-refractivity contribution >= 4 is 27.2 Å². The Morgan fingerprint density at radius 3 is 2.50 bits per heavy atom. The molecule has 0 bridgehead atoms. The van der Waals surface area contributed by atoms with Gasteiger partial charge in [-0.25, -0.2) is 13.1 Å². The maximum absolute atomic E-state index is 12.3. The van der Waals surface area contributed by atoms with Gasteiger partial charge in [0, 0.05) is 22.8 Å². The molecule has 0 aliphatic rings. The summed E-state index contributed by atoms with van der Waals surface area (Å²) in [5, 5.41) is 20.1. The van der Waals surface area contributed by atoms with Crippen molar-refractivity contribution in [1.82, 2.24) is 14.9 Å². The third-order valence-corrected chi connectivity index (χ3v) is 6.24. The molecule has 0 saturated carbocycles. The number of thiophene rings is 1. The highest BCUT2D eigenvalue weighted by Gasteiger charge is 2.18. The molecule has 0 aromatic carbocycles. The summed E-state index contributed by atoms with van der Waals surface area (Å²) in [5.74, 6) is 0.363. The molecule has 128 valence electrons. The van der Waals surface area contributed by atoms with Crippen molar-refractivity contribution in [1.29, 1.82) is 5.26 Å². The zero-order valence-corrected chi connectivity index (χ0v) is 15.6. The third kappa shape index (κ3) is 3.90. The maximum Gasteiger partial charge on any atom is 0.241 e. The summed E-state index contributed by atoms with van der Waals surface area (Å²) in [5.41, 5.74) is 1.88. The fourth-order valence-electron chi connectivity index (χ4n) is 2.19. The SMILES string of the molecule is Cc1cc(S(=O)(=O)NCCNc2nnc(C)c(C)c2C#N)c(C)s1. The van der Waals surface area contributed by atoms with Crippen LogP contribution in [0.15, 0.2) is 11.0 Å². The summed E-state index contributed by atoms with van der Waals surface area (Å²) in [6.45, 7) is 7.72. The summed E-state index contributed by atoms with van der Waals surface area (Å²) in [4.78, 5) is 2.03. The Morgan fingerprint density at radius 1 is 1.21 bits per heavy atom. The molecule has 2 N–H and O–H groups in total. The number of aromatic nitrogens is 2. The molecule has 0 amide bonds. The van der Waals surface area contributed by atoms with Crippen molar-refractivity contribution in [3.05, 3.63) is 32.6 Å². The summed E-state index contributed by atoms with van der Waals surface area (Å²) >= 11 is 1.45. The molecule has 24 heavy (non-hydrogen) atoms. The zero-order valence-electron chi connectivity index (χ0n) is 14.0. The van der Waals surface area contributed by atoms with Gasteiger partial charge in [0.1, 0.15) is 11.6 Å². The van der Waals surface area contributed by atoms with E-state index in [0.29, 0.717) is 28.5 Å². The van der Waals surface area contributed by atoms with Crippen LogP contribution in [0.4, 0.5) is 5.82 Å². The molecule has 9 heteroatoms. The van der Waals surface area contributed by atoms with Crippen LogP contribution in [0.2, 0.25) is 0 Å². The van der Waals surface area contributed by atoms with E-state index in [-0.39, 0.29) is 6.54 Å². The van der Waals surface area contributed by atoms with Crippen LogP contribution >= 0.6 is 11.3 Å². The molecule has 7 nitrogen and oxygen atoms in total. The highest BCUT2D eigenvalue weighted by atomic mass is 32.2. The lowest BCUT2D eigenvalue weighted by Crippen LogP contribution is -2.29. The second kappa shape index (κ2) is 7.25. The van der Waals surface area contributed by atoms with E-state index < -0.39 is 10.0 Å². The van der Waals surface area contributed by atoms with E-state index in [9.17, 15) is 13.7 Å². The molecule has 2 rings (SSSR count). The van der Waals surface area contributed by atoms with E-state index >= 15 is 0 Å². The lowest BCUT2D eigenvalue weighted by atomic mass is 10.1. The summed E-state index contributed by atoms with van der Waals surface area (Å²) < 4.78 is 27.1. The monoisotopic (exact) mass is 365 g/mol. The molecule has 0 aliphatic heterocycles. The number of hydrogen-bond acceptors (Lipinski definition) is 7. The molecule has 0 radical (unpaired) electrons. The first-order valence-corrected chi connectivity index (χ1v) is 9.60. The number of aryl methyl sites for hydroxylation is 3. The Balaban J connectivity index is 2.00. The fraction of sp³-hybridized carbons (Fsp3) is 0.400. The normalized spacial score (nSPS) is 11.3. The second-order valence-electron chi connectivity index (χ2n) is 5.35. The van der Waals surface area contributed by atoms with Gasteiger partial charge in [0.05, 0.1) is 10.6 Å². The van der Waals surface area contributed by atoms with Crippen LogP contribution in [0.25, 0.3) is 0 Å². The van der Waals surface area contributed by atoms with Gasteiger partial charge >= 0.3 is 0 Å². The molecule has 2 aromatic heterocycles. The molecule has 0 saturated heterocycles. The van der Waals surface area contributed by atoms with Gasteiger partial charge in [-0.15, -0.1) is 16.4 Å². The Morgan fingerprint density at radius 2 is 1.92 bits per heavy atom. The van der Waals surface area contributed by atoms with Gasteiger partial charge in [-0.2, -0.15) is 10.4 Å². The highest BCUT2D eigenvalue weighted by Crippen LogP contribution is 2.24. The quantitative estimate of drug-likeness (QED) is 0.759. The van der Waals surface area contributed by atoms with Gasteiger partial charge in [-0.05, 0) is 39.3 Å². The van der Waals surface area contributed by atoms with Crippen LogP contribution < -0.4 is 10.0 Å². The number of nitrogens with one attached hydrogen (secondary N) is 2. The summed E-state index contributed by atoms with van der Waals surface area (Å²) in [7, 11) is -3.54. The first-order valence-electron chi connectivity index (χ1n) is 7.31. The van der Waals surface area contributed by atoms with E-state index in [1.165, 1.54) is 11.3 Å². The van der Waals surface area contributed by atoms with Gasteiger partial charge in [-0.3, -0.25) is 0 Å². The van der Waals surface area contributed by atoms with E-state index in [1.54, 1.807) is 26.8 Å². The zero-order chi connectivity index (χ0) is 17.9. The lowest BCUT2D eigenvalue weighted by Gasteiger charge is -2.10. The molecular weight excluding hydrogens is 346 g/mol. The average molecular weight is 365 g/mol. The Kier molecular flexibility index (Phi) is 5.54. The van der Waals surface area contributed by atoms with Crippen molar-refractivity contribution in [2.45, 2.75) is 32.6 Å². The van der Waals surface area contributed by atoms with Gasteiger partial charge in [0.2, 0.25) is 10.0 Å². The molecule has 0 atom stereocenters. The number of nitriles is 1. The topological polar surface area (TPSA) is 108 Å². The van der Waals surface area contributed by atoms with Gasteiger partial charge in [-0.1, -0.05) is 0 Å². The summed E-state index contributed by atoms with van der Waals surface area (Å²) in [6.07, 6.45) is 0. The minimum Gasteiger partial charge on any atom is -0.366 e. The number of hydrogen-bond donors (Lipinski definition) is 2. The predicted molar refractivity (Wildman–Crippen MR) is 93.7 cm³/mol. The van der Waals surface area contributed by atoms with Crippen LogP contribution in [0.5, 0.6) is 0 Å². The van der Waals surface area contributed by atoms with E-state index in [2.05, 4.69) is 26.3 Å². The largest absolute Gasteiger partial charge is 0.366 e. The first-order chi connectivity index (χ1) is 11.3. The van der Waals surface area contributed by atoms with E-state index in [0.717, 1.165) is 15.3 Å². The highest BCUT2D eigenvalue weighted by molar-refractivity contribution is 7.89. The van der Waals surface area contributed by atoms with Crippen LogP contribution in [0, 0.1) is 39.0 Å². The minimum atomic E-state index is -3.54. The molecule has 0 fully saturated rings. The molecule has 0 unspecified atom stereocenters. The van der Waals surface area contributed by atoms with E-state index in [1.807, 2.05) is 6.92 Å². The predicted octanol–water partition coefficient (Wildman–Crippen LogP) is 2.03. The van der Waals surface area contributed by atoms with Crippen LogP contribution in [0.3, 0.4) is 0 Å². The van der Waals surface area contributed by atoms with Gasteiger partial charge in [0.25, 0.3) is 0 Å². The van der Waals surface area contributed by atoms with Gasteiger partial charge < -0.3 is 5.32 Å². The molecule has 2 aromatic rings. The number of nitrogens with zero attached hydrogens (tertiary/aromatic N) is 3. The fourth-order valence-corrected chi connectivity index (χ4v) is 4.77. The van der Waals surface area contributed by atoms with Crippen molar-refractivity contribution in [2.24, 2.45) is 0 Å². The maximum atomic E-state index is 12.3. The first kappa shape index (κ1) is 18.3. The number of sulfonamides is 1. The van der Waals surface area contributed by atoms with Crippen molar-refractivity contribution in [3.63, 3.8) is 0 Å². The third-order valence-electron chi connectivity index (χ3n) is 3.56. The van der Waals surface area contributed by atoms with E-state index in [4.69, 9.17) is 0 Å². The molecule has 0 spiro atoms. The van der Waals surface area contributed by atoms with Crippen molar-refractivity contribution < 1.29 is 8.42 Å². The Bertz CT molecular complexity index is 897. The lowest BCUT2D eigenvalue weighted by molar-refractivity contribution is 0.582. The Hall–Kier alpha value is -2.02. The second-order valence-corrected chi connectivity index (χ2v) is 8.54. The molecular formula is C15H19N5O2S2. The van der Waals surface area contributed by atoms with Crippen LogP contribution in [-0.4, -0.2) is 31.7 Å². The minimum absolute atomic E-state index is 0.177. The van der Waals surface area contributed by atoms with Crippen LogP contribution in [-0.2, 0) is 10.0 Å². The number of anilines is 1. The standard InChI is InChI=1S/C15H19N5O2S2/c1-9-7-14(12(4)23-9)24(21,22)18-6-5-17-15-13(8-16)10(2)11(3)19-20-15/h7,18H,5-6H2,1-4H3,(H,17,20). The van der Waals surface area contributed by atoms with Crippen molar-refractivity contribution in [3.8, 4) is 6.07 Å². The number of rotatable bonds is 6. The summed E-state index contributed by atoms with van der Waals surface area (Å²) in [6, 6.07) is 3.76. The Labute approximate surface area is 145 Å². The average Bonchev–Trinajstić information content (AvgIpc) is 2.87.